The van der Waals surface area contributed by atoms with Gasteiger partial charge in [0.1, 0.15) is 19.0 Å². The van der Waals surface area contributed by atoms with Gasteiger partial charge in [-0.05, 0) is 72.2 Å². The highest BCUT2D eigenvalue weighted by molar-refractivity contribution is 5.75. The van der Waals surface area contributed by atoms with E-state index >= 15 is 0 Å². The Hall–Kier alpha value is -4.11. The van der Waals surface area contributed by atoms with Crippen LogP contribution in [0.5, 0.6) is 5.75 Å². The molecule has 0 amide bonds. The Morgan fingerprint density at radius 3 is 1.54 bits per heavy atom. The molecule has 54 heavy (non-hydrogen) atoms. The summed E-state index contributed by atoms with van der Waals surface area (Å²) in [5.74, 6) is -0.496. The summed E-state index contributed by atoms with van der Waals surface area (Å²) in [7, 11) is 0. The molecule has 0 heterocycles. The average Bonchev–Trinajstić information content (AvgIpc) is 3.20. The number of unbranched alkanes of at least 4 members (excludes halogenated alkanes) is 15. The summed E-state index contributed by atoms with van der Waals surface area (Å²) in [6.45, 7) is 6.92. The SMILES string of the molecule is CCCCCCCCCCCCCCCCCCOC(=O)C(CC)CC(C)C(=O)OCCOc1ccc(Cc2ccc(-c3ccc(C#N)cc3)cc2)cc1. The minimum absolute atomic E-state index is 0.150. The van der Waals surface area contributed by atoms with Gasteiger partial charge in [0, 0.05) is 0 Å². The van der Waals surface area contributed by atoms with Gasteiger partial charge in [-0.3, -0.25) is 9.59 Å². The molecule has 0 saturated carbocycles. The van der Waals surface area contributed by atoms with Gasteiger partial charge in [-0.1, -0.05) is 166 Å². The second-order valence-corrected chi connectivity index (χ2v) is 14.9. The first-order valence-electron chi connectivity index (χ1n) is 21.1. The Morgan fingerprint density at radius 1 is 0.574 bits per heavy atom. The lowest BCUT2D eigenvalue weighted by Gasteiger charge is -2.18. The third-order valence-electron chi connectivity index (χ3n) is 10.3. The van der Waals surface area contributed by atoms with Gasteiger partial charge >= 0.3 is 11.9 Å². The number of hydrogen-bond donors (Lipinski definition) is 0. The number of nitrogens with zero attached hydrogens (tertiary/aromatic N) is 1. The molecule has 0 aliphatic rings. The first-order chi connectivity index (χ1) is 26.4. The van der Waals surface area contributed by atoms with E-state index in [0.29, 0.717) is 25.0 Å². The van der Waals surface area contributed by atoms with E-state index in [1.807, 2.05) is 62.4 Å². The Balaban J connectivity index is 1.19. The summed E-state index contributed by atoms with van der Waals surface area (Å²) in [6, 6.07) is 26.2. The van der Waals surface area contributed by atoms with E-state index in [1.54, 1.807) is 0 Å². The van der Waals surface area contributed by atoms with Crippen molar-refractivity contribution in [1.29, 1.82) is 5.26 Å². The molecule has 3 aromatic rings. The molecule has 0 N–H and O–H groups in total. The van der Waals surface area contributed by atoms with Gasteiger partial charge in [0.15, 0.2) is 0 Å². The third-order valence-corrected chi connectivity index (χ3v) is 10.3. The fourth-order valence-corrected chi connectivity index (χ4v) is 6.83. The quantitative estimate of drug-likeness (QED) is 0.0521. The maximum atomic E-state index is 12.7. The lowest BCUT2D eigenvalue weighted by molar-refractivity contribution is -0.153. The van der Waals surface area contributed by atoms with Crippen molar-refractivity contribution in [1.82, 2.24) is 0 Å². The topological polar surface area (TPSA) is 85.6 Å². The van der Waals surface area contributed by atoms with Crippen LogP contribution in [-0.4, -0.2) is 31.8 Å². The van der Waals surface area contributed by atoms with Gasteiger partial charge in [-0.2, -0.15) is 5.26 Å². The number of hydrogen-bond acceptors (Lipinski definition) is 6. The van der Waals surface area contributed by atoms with Gasteiger partial charge in [0.05, 0.1) is 30.1 Å². The summed E-state index contributed by atoms with van der Waals surface area (Å²) >= 11 is 0. The van der Waals surface area contributed by atoms with Gasteiger partial charge in [0.25, 0.3) is 0 Å². The van der Waals surface area contributed by atoms with Crippen LogP contribution in [-0.2, 0) is 25.5 Å². The van der Waals surface area contributed by atoms with E-state index in [-0.39, 0.29) is 31.1 Å². The zero-order chi connectivity index (χ0) is 38.6. The van der Waals surface area contributed by atoms with Crippen molar-refractivity contribution in [2.45, 2.75) is 143 Å². The molecular weight excluding hydrogens is 671 g/mol. The highest BCUT2D eigenvalue weighted by Gasteiger charge is 2.25. The van der Waals surface area contributed by atoms with E-state index in [9.17, 15) is 9.59 Å². The number of rotatable bonds is 29. The highest BCUT2D eigenvalue weighted by Crippen LogP contribution is 2.23. The number of esters is 2. The molecule has 2 unspecified atom stereocenters. The number of nitriles is 1. The molecule has 294 valence electrons. The summed E-state index contributed by atoms with van der Waals surface area (Å²) in [4.78, 5) is 25.4. The molecule has 3 rings (SSSR count). The van der Waals surface area contributed by atoms with E-state index in [2.05, 4.69) is 37.3 Å². The summed E-state index contributed by atoms with van der Waals surface area (Å²) < 4.78 is 16.9. The van der Waals surface area contributed by atoms with Crippen LogP contribution in [0.2, 0.25) is 0 Å². The van der Waals surface area contributed by atoms with Crippen LogP contribution in [0.4, 0.5) is 0 Å². The first-order valence-corrected chi connectivity index (χ1v) is 21.1. The predicted octanol–water partition coefficient (Wildman–Crippen LogP) is 12.6. The lowest BCUT2D eigenvalue weighted by atomic mass is 9.94. The summed E-state index contributed by atoms with van der Waals surface area (Å²) in [6.07, 6.45) is 22.9. The van der Waals surface area contributed by atoms with E-state index in [4.69, 9.17) is 19.5 Å². The van der Waals surface area contributed by atoms with Crippen LogP contribution in [0.25, 0.3) is 11.1 Å². The Kier molecular flexibility index (Phi) is 22.5. The monoisotopic (exact) mass is 738 g/mol. The Morgan fingerprint density at radius 2 is 1.04 bits per heavy atom. The van der Waals surface area contributed by atoms with E-state index in [0.717, 1.165) is 36.1 Å². The Bertz CT molecular complexity index is 1480. The number of carbonyl (C=O) groups excluding carboxylic acids is 2. The smallest absolute Gasteiger partial charge is 0.308 e. The second-order valence-electron chi connectivity index (χ2n) is 14.9. The van der Waals surface area contributed by atoms with Crippen molar-refractivity contribution in [2.24, 2.45) is 11.8 Å². The first kappa shape index (κ1) is 44.3. The highest BCUT2D eigenvalue weighted by atomic mass is 16.6. The normalized spacial score (nSPS) is 12.1. The van der Waals surface area contributed by atoms with Crippen molar-refractivity contribution in [3.8, 4) is 22.9 Å². The predicted molar refractivity (Wildman–Crippen MR) is 220 cm³/mol. The fraction of sp³-hybridized carbons (Fsp3) is 0.562. The molecule has 0 radical (unpaired) electrons. The van der Waals surface area contributed by atoms with Crippen molar-refractivity contribution in [3.05, 3.63) is 89.5 Å². The molecular formula is C48H67NO5. The average molecular weight is 738 g/mol. The van der Waals surface area contributed by atoms with Crippen molar-refractivity contribution in [2.75, 3.05) is 19.8 Å². The van der Waals surface area contributed by atoms with Crippen LogP contribution in [0, 0.1) is 23.2 Å². The largest absolute Gasteiger partial charge is 0.490 e. The maximum absolute atomic E-state index is 12.7. The molecule has 0 bridgehead atoms. The standard InChI is InChI=1S/C48H67NO5/c1-4-6-7-8-9-10-11-12-13-14-15-16-17-18-19-20-33-53-48(51)43(5-2)36-39(3)47(50)54-35-34-52-46-31-25-41(26-32-46)37-40-21-27-44(28-22-40)45-29-23-42(38-49)24-30-45/h21-32,39,43H,4-20,33-37H2,1-3H3. The van der Waals surface area contributed by atoms with Crippen molar-refractivity contribution in [3.63, 3.8) is 0 Å². The van der Waals surface area contributed by atoms with Crippen LogP contribution in [0.3, 0.4) is 0 Å². The van der Waals surface area contributed by atoms with Crippen molar-refractivity contribution >= 4 is 11.9 Å². The molecule has 0 aliphatic heterocycles. The molecule has 6 nitrogen and oxygen atoms in total. The van der Waals surface area contributed by atoms with Gasteiger partial charge in [-0.25, -0.2) is 0 Å². The summed E-state index contributed by atoms with van der Waals surface area (Å²) in [5, 5.41) is 9.02. The Labute approximate surface area is 327 Å². The molecule has 0 aromatic heterocycles. The second kappa shape index (κ2) is 27.5. The molecule has 6 heteroatoms. The minimum atomic E-state index is -0.393. The summed E-state index contributed by atoms with van der Waals surface area (Å²) in [5.41, 5.74) is 5.23. The van der Waals surface area contributed by atoms with E-state index < -0.39 is 5.92 Å². The number of ether oxygens (including phenoxy) is 3. The third kappa shape index (κ3) is 18.3. The van der Waals surface area contributed by atoms with E-state index in [1.165, 1.54) is 101 Å². The molecule has 2 atom stereocenters. The van der Waals surface area contributed by atoms with Crippen LogP contribution in [0.1, 0.15) is 153 Å². The maximum Gasteiger partial charge on any atom is 0.308 e. The number of carbonyl (C=O) groups is 2. The fourth-order valence-electron chi connectivity index (χ4n) is 6.83. The zero-order valence-corrected chi connectivity index (χ0v) is 33.6. The van der Waals surface area contributed by atoms with Crippen LogP contribution in [0.15, 0.2) is 72.8 Å². The molecule has 0 saturated heterocycles. The zero-order valence-electron chi connectivity index (χ0n) is 33.6. The van der Waals surface area contributed by atoms with Gasteiger partial charge in [-0.15, -0.1) is 0 Å². The minimum Gasteiger partial charge on any atom is -0.490 e. The molecule has 0 fully saturated rings. The molecule has 0 spiro atoms. The van der Waals surface area contributed by atoms with Crippen LogP contribution < -0.4 is 4.74 Å². The molecule has 3 aromatic carbocycles. The molecule has 0 aliphatic carbocycles. The van der Waals surface area contributed by atoms with Gasteiger partial charge < -0.3 is 14.2 Å². The number of benzene rings is 3. The van der Waals surface area contributed by atoms with Crippen molar-refractivity contribution < 1.29 is 23.8 Å². The van der Waals surface area contributed by atoms with Gasteiger partial charge in [0.2, 0.25) is 0 Å². The lowest BCUT2D eigenvalue weighted by Crippen LogP contribution is -2.25. The van der Waals surface area contributed by atoms with Crippen LogP contribution >= 0.6 is 0 Å².